The van der Waals surface area contributed by atoms with Crippen LogP contribution in [0.5, 0.6) is 0 Å². The van der Waals surface area contributed by atoms with Gasteiger partial charge in [-0.1, -0.05) is 60.7 Å². The van der Waals surface area contributed by atoms with E-state index in [2.05, 4.69) is 34.9 Å². The monoisotopic (exact) mass is 462 g/mol. The van der Waals surface area contributed by atoms with E-state index in [1.807, 2.05) is 30.3 Å². The Morgan fingerprint density at radius 2 is 1.65 bits per heavy atom. The van der Waals surface area contributed by atoms with E-state index in [0.717, 1.165) is 22.3 Å². The van der Waals surface area contributed by atoms with Gasteiger partial charge in [-0.3, -0.25) is 9.59 Å². The molecule has 34 heavy (non-hydrogen) atoms. The van der Waals surface area contributed by atoms with Crippen molar-refractivity contribution in [2.24, 2.45) is 11.3 Å². The van der Waals surface area contributed by atoms with Crippen molar-refractivity contribution in [1.82, 2.24) is 10.6 Å². The van der Waals surface area contributed by atoms with Gasteiger partial charge in [0.15, 0.2) is 0 Å². The molecule has 7 heteroatoms. The molecule has 0 radical (unpaired) electrons. The average molecular weight is 463 g/mol. The summed E-state index contributed by atoms with van der Waals surface area (Å²) in [4.78, 5) is 36.5. The summed E-state index contributed by atoms with van der Waals surface area (Å²) in [5.41, 5.74) is 3.70. The van der Waals surface area contributed by atoms with E-state index in [1.165, 1.54) is 0 Å². The van der Waals surface area contributed by atoms with E-state index in [9.17, 15) is 19.5 Å². The largest absolute Gasteiger partial charge is 0.481 e. The molecule has 4 rings (SSSR count). The summed E-state index contributed by atoms with van der Waals surface area (Å²) in [5.74, 6) is -1.65. The zero-order valence-corrected chi connectivity index (χ0v) is 19.4. The van der Waals surface area contributed by atoms with Crippen LogP contribution >= 0.6 is 0 Å². The van der Waals surface area contributed by atoms with Crippen molar-refractivity contribution >= 4 is 18.0 Å². The predicted molar refractivity (Wildman–Crippen MR) is 128 cm³/mol. The number of allylic oxidation sites excluding steroid dienone is 1. The summed E-state index contributed by atoms with van der Waals surface area (Å²) in [5, 5.41) is 14.8. The van der Waals surface area contributed by atoms with Gasteiger partial charge in [-0.25, -0.2) is 4.79 Å². The molecule has 2 atom stereocenters. The number of fused-ring (bicyclic) bond motifs is 3. The molecule has 0 bridgehead atoms. The molecule has 0 saturated carbocycles. The lowest BCUT2D eigenvalue weighted by Gasteiger charge is -2.29. The molecule has 0 aliphatic heterocycles. The van der Waals surface area contributed by atoms with Gasteiger partial charge in [0.05, 0.1) is 11.3 Å². The number of ether oxygens (including phenoxy) is 1. The second-order valence-electron chi connectivity index (χ2n) is 9.58. The van der Waals surface area contributed by atoms with Gasteiger partial charge in [-0.15, -0.1) is 0 Å². The number of benzene rings is 2. The van der Waals surface area contributed by atoms with E-state index >= 15 is 0 Å². The second-order valence-corrected chi connectivity index (χ2v) is 9.58. The van der Waals surface area contributed by atoms with Gasteiger partial charge in [0, 0.05) is 18.5 Å². The van der Waals surface area contributed by atoms with Crippen LogP contribution in [0, 0.1) is 11.3 Å². The first kappa shape index (κ1) is 23.5. The van der Waals surface area contributed by atoms with Crippen LogP contribution in [0.2, 0.25) is 0 Å². The van der Waals surface area contributed by atoms with E-state index < -0.39 is 23.4 Å². The molecule has 2 aromatic carbocycles. The van der Waals surface area contributed by atoms with Gasteiger partial charge in [0.1, 0.15) is 6.61 Å². The highest BCUT2D eigenvalue weighted by Crippen LogP contribution is 2.44. The molecule has 0 heterocycles. The number of hydrogen-bond acceptors (Lipinski definition) is 4. The van der Waals surface area contributed by atoms with Gasteiger partial charge < -0.3 is 20.5 Å². The fourth-order valence-corrected chi connectivity index (χ4v) is 4.58. The fraction of sp³-hybridized carbons (Fsp3) is 0.370. The van der Waals surface area contributed by atoms with Crippen molar-refractivity contribution in [3.63, 3.8) is 0 Å². The zero-order valence-electron chi connectivity index (χ0n) is 19.4. The number of rotatable bonds is 7. The highest BCUT2D eigenvalue weighted by atomic mass is 16.5. The Labute approximate surface area is 199 Å². The van der Waals surface area contributed by atoms with E-state index in [-0.39, 0.29) is 31.0 Å². The van der Waals surface area contributed by atoms with Crippen LogP contribution in [0.25, 0.3) is 11.1 Å². The quantitative estimate of drug-likeness (QED) is 0.538. The minimum atomic E-state index is -0.893. The normalized spacial score (nSPS) is 19.1. The van der Waals surface area contributed by atoms with E-state index in [4.69, 9.17) is 4.74 Å². The lowest BCUT2D eigenvalue weighted by Crippen LogP contribution is -2.48. The zero-order chi connectivity index (χ0) is 24.3. The Kier molecular flexibility index (Phi) is 6.72. The van der Waals surface area contributed by atoms with Crippen molar-refractivity contribution in [2.75, 3.05) is 13.2 Å². The Morgan fingerprint density at radius 1 is 1.03 bits per heavy atom. The number of carboxylic acids is 1. The van der Waals surface area contributed by atoms with Crippen LogP contribution < -0.4 is 10.6 Å². The number of carbonyl (C=O) groups is 3. The Hall–Kier alpha value is -3.61. The van der Waals surface area contributed by atoms with Crippen LogP contribution in [0.1, 0.15) is 43.7 Å². The molecule has 0 fully saturated rings. The summed E-state index contributed by atoms with van der Waals surface area (Å²) in [6.07, 6.45) is 3.86. The van der Waals surface area contributed by atoms with Crippen molar-refractivity contribution in [3.8, 4) is 11.1 Å². The topological polar surface area (TPSA) is 105 Å². The number of aliphatic carboxylic acids is 1. The minimum Gasteiger partial charge on any atom is -0.481 e. The molecule has 2 amide bonds. The molecule has 0 spiro atoms. The average Bonchev–Trinajstić information content (AvgIpc) is 3.15. The smallest absolute Gasteiger partial charge is 0.407 e. The Bertz CT molecular complexity index is 1080. The summed E-state index contributed by atoms with van der Waals surface area (Å²) in [6.45, 7) is 3.75. The van der Waals surface area contributed by atoms with Gasteiger partial charge in [0.25, 0.3) is 0 Å². The number of hydrogen-bond donors (Lipinski definition) is 3. The third kappa shape index (κ3) is 4.98. The first-order chi connectivity index (χ1) is 16.3. The molecule has 0 unspecified atom stereocenters. The van der Waals surface area contributed by atoms with Crippen molar-refractivity contribution in [1.29, 1.82) is 0 Å². The molecular formula is C27H30N2O5. The van der Waals surface area contributed by atoms with E-state index in [1.54, 1.807) is 19.9 Å². The number of alkyl carbamates (subject to hydrolysis) is 1. The molecule has 2 aliphatic carbocycles. The minimum absolute atomic E-state index is 0.0327. The summed E-state index contributed by atoms with van der Waals surface area (Å²) < 4.78 is 5.55. The highest BCUT2D eigenvalue weighted by molar-refractivity contribution is 5.83. The van der Waals surface area contributed by atoms with Gasteiger partial charge in [0.2, 0.25) is 5.91 Å². The molecule has 0 aromatic heterocycles. The maximum Gasteiger partial charge on any atom is 0.407 e. The lowest BCUT2D eigenvalue weighted by atomic mass is 9.88. The van der Waals surface area contributed by atoms with Crippen LogP contribution in [-0.2, 0) is 14.3 Å². The third-order valence-electron chi connectivity index (χ3n) is 6.63. The molecule has 7 nitrogen and oxygen atoms in total. The summed E-state index contributed by atoms with van der Waals surface area (Å²) in [7, 11) is 0. The van der Waals surface area contributed by atoms with Crippen molar-refractivity contribution in [3.05, 3.63) is 71.8 Å². The SMILES string of the molecule is CC(C)(CNC(=O)OCC1c2ccccc2-c2ccccc21)C(=O)N[C@@H]1C=CC[C@@H](C(=O)O)C1. The maximum absolute atomic E-state index is 12.8. The molecular weight excluding hydrogens is 432 g/mol. The maximum atomic E-state index is 12.8. The highest BCUT2D eigenvalue weighted by Gasteiger charge is 2.33. The van der Waals surface area contributed by atoms with Gasteiger partial charge in [-0.2, -0.15) is 0 Å². The molecule has 3 N–H and O–H groups in total. The Balaban J connectivity index is 1.30. The first-order valence-corrected chi connectivity index (χ1v) is 11.6. The van der Waals surface area contributed by atoms with Crippen LogP contribution in [-0.4, -0.2) is 42.3 Å². The van der Waals surface area contributed by atoms with Crippen LogP contribution in [0.15, 0.2) is 60.7 Å². The predicted octanol–water partition coefficient (Wildman–Crippen LogP) is 4.09. The van der Waals surface area contributed by atoms with Crippen molar-refractivity contribution < 1.29 is 24.2 Å². The molecule has 2 aromatic rings. The van der Waals surface area contributed by atoms with Crippen molar-refractivity contribution in [2.45, 2.75) is 38.6 Å². The summed E-state index contributed by atoms with van der Waals surface area (Å²) in [6, 6.07) is 15.9. The second kappa shape index (κ2) is 9.71. The number of carboxylic acid groups (broad SMARTS) is 1. The summed E-state index contributed by atoms with van der Waals surface area (Å²) >= 11 is 0. The fourth-order valence-electron chi connectivity index (χ4n) is 4.58. The lowest BCUT2D eigenvalue weighted by molar-refractivity contribution is -0.142. The molecule has 178 valence electrons. The molecule has 2 aliphatic rings. The van der Waals surface area contributed by atoms with Gasteiger partial charge >= 0.3 is 12.1 Å². The number of carbonyl (C=O) groups excluding carboxylic acids is 2. The number of nitrogens with one attached hydrogen (secondary N) is 2. The Morgan fingerprint density at radius 3 is 2.26 bits per heavy atom. The van der Waals surface area contributed by atoms with Gasteiger partial charge in [-0.05, 0) is 48.9 Å². The van der Waals surface area contributed by atoms with E-state index in [0.29, 0.717) is 12.8 Å². The number of amides is 2. The molecule has 0 saturated heterocycles. The first-order valence-electron chi connectivity index (χ1n) is 11.6. The third-order valence-corrected chi connectivity index (χ3v) is 6.63. The van der Waals surface area contributed by atoms with Crippen LogP contribution in [0.4, 0.5) is 4.79 Å². The van der Waals surface area contributed by atoms with Crippen LogP contribution in [0.3, 0.4) is 0 Å². The standard InChI is InChI=1S/C27H30N2O5/c1-27(2,25(32)29-18-9-7-8-17(14-18)24(30)31)16-28-26(33)34-15-23-21-12-5-3-10-19(21)20-11-4-6-13-22(20)23/h3-7,9-13,17-18,23H,8,14-16H2,1-2H3,(H,28,33)(H,29,32)(H,30,31)/t17-,18-/m1/s1.